The van der Waals surface area contributed by atoms with E-state index in [-0.39, 0.29) is 12.5 Å². The highest BCUT2D eigenvalue weighted by Gasteiger charge is 2.22. The second kappa shape index (κ2) is 7.09. The van der Waals surface area contributed by atoms with Gasteiger partial charge in [0.1, 0.15) is 6.61 Å². The van der Waals surface area contributed by atoms with E-state index in [2.05, 4.69) is 9.88 Å². The maximum atomic E-state index is 11.9. The van der Waals surface area contributed by atoms with Gasteiger partial charge in [-0.05, 0) is 12.5 Å². The molecule has 0 aliphatic carbocycles. The standard InChI is InChI=1S/C14H22N4O2/c1-2-9-20-11-14(19)18-7-5-17(6-8-18)13-3-4-16-10-12(13)15/h3-4,10H,2,5-9,11,15H2,1H3. The monoisotopic (exact) mass is 278 g/mol. The summed E-state index contributed by atoms with van der Waals surface area (Å²) in [5.41, 5.74) is 7.60. The molecule has 0 radical (unpaired) electrons. The van der Waals surface area contributed by atoms with Gasteiger partial charge < -0.3 is 20.3 Å². The summed E-state index contributed by atoms with van der Waals surface area (Å²) < 4.78 is 5.30. The lowest BCUT2D eigenvalue weighted by Gasteiger charge is -2.36. The van der Waals surface area contributed by atoms with Crippen molar-refractivity contribution in [3.8, 4) is 0 Å². The number of hydrogen-bond acceptors (Lipinski definition) is 5. The lowest BCUT2D eigenvalue weighted by Crippen LogP contribution is -2.50. The molecule has 0 spiro atoms. The highest BCUT2D eigenvalue weighted by Crippen LogP contribution is 2.22. The van der Waals surface area contributed by atoms with Crippen molar-refractivity contribution in [1.82, 2.24) is 9.88 Å². The Bertz CT molecular complexity index is 445. The first-order chi connectivity index (χ1) is 9.72. The van der Waals surface area contributed by atoms with Crippen molar-refractivity contribution in [1.29, 1.82) is 0 Å². The number of aromatic nitrogens is 1. The number of anilines is 2. The van der Waals surface area contributed by atoms with Gasteiger partial charge in [-0.25, -0.2) is 0 Å². The largest absolute Gasteiger partial charge is 0.396 e. The molecule has 1 amide bonds. The first kappa shape index (κ1) is 14.6. The van der Waals surface area contributed by atoms with Crippen molar-refractivity contribution in [3.63, 3.8) is 0 Å². The summed E-state index contributed by atoms with van der Waals surface area (Å²) in [4.78, 5) is 20.0. The molecule has 1 saturated heterocycles. The van der Waals surface area contributed by atoms with Crippen LogP contribution in [0.1, 0.15) is 13.3 Å². The van der Waals surface area contributed by atoms with E-state index in [0.717, 1.165) is 25.2 Å². The van der Waals surface area contributed by atoms with Gasteiger partial charge in [-0.15, -0.1) is 0 Å². The predicted octanol–water partition coefficient (Wildman–Crippen LogP) is 0.739. The molecule has 0 bridgehead atoms. The van der Waals surface area contributed by atoms with Crippen LogP contribution in [0.2, 0.25) is 0 Å². The summed E-state index contributed by atoms with van der Waals surface area (Å²) in [5, 5.41) is 0. The number of nitrogens with zero attached hydrogens (tertiary/aromatic N) is 3. The van der Waals surface area contributed by atoms with E-state index in [9.17, 15) is 4.79 Å². The summed E-state index contributed by atoms with van der Waals surface area (Å²) in [5.74, 6) is 0.0702. The molecule has 1 aliphatic rings. The topological polar surface area (TPSA) is 71.7 Å². The maximum Gasteiger partial charge on any atom is 0.248 e. The van der Waals surface area contributed by atoms with Gasteiger partial charge in [0.05, 0.1) is 17.6 Å². The van der Waals surface area contributed by atoms with Crippen LogP contribution in [0.5, 0.6) is 0 Å². The third kappa shape index (κ3) is 3.60. The van der Waals surface area contributed by atoms with Crippen LogP contribution < -0.4 is 10.6 Å². The van der Waals surface area contributed by atoms with E-state index < -0.39 is 0 Å². The van der Waals surface area contributed by atoms with Crippen LogP contribution in [0.4, 0.5) is 11.4 Å². The van der Waals surface area contributed by atoms with Crippen LogP contribution in [-0.4, -0.2) is 55.2 Å². The maximum absolute atomic E-state index is 11.9. The molecule has 1 aromatic rings. The molecule has 1 aliphatic heterocycles. The van der Waals surface area contributed by atoms with Crippen LogP contribution >= 0.6 is 0 Å². The Kier molecular flexibility index (Phi) is 5.17. The molecular formula is C14H22N4O2. The quantitative estimate of drug-likeness (QED) is 0.804. The number of carbonyl (C=O) groups excluding carboxylic acids is 1. The van der Waals surface area contributed by atoms with Gasteiger partial charge in [0.15, 0.2) is 0 Å². The number of ether oxygens (including phenoxy) is 1. The molecule has 2 rings (SSSR count). The number of rotatable bonds is 5. The molecule has 2 N–H and O–H groups in total. The molecule has 0 unspecified atom stereocenters. The molecule has 1 fully saturated rings. The van der Waals surface area contributed by atoms with Gasteiger partial charge in [-0.1, -0.05) is 6.92 Å². The van der Waals surface area contributed by atoms with Crippen molar-refractivity contribution >= 4 is 17.3 Å². The smallest absolute Gasteiger partial charge is 0.248 e. The molecule has 0 saturated carbocycles. The van der Waals surface area contributed by atoms with Gasteiger partial charge in [0.25, 0.3) is 0 Å². The number of piperazine rings is 1. The first-order valence-corrected chi connectivity index (χ1v) is 7.02. The Morgan fingerprint density at radius 1 is 1.40 bits per heavy atom. The first-order valence-electron chi connectivity index (χ1n) is 7.02. The zero-order chi connectivity index (χ0) is 14.4. The number of carbonyl (C=O) groups is 1. The van der Waals surface area contributed by atoms with E-state index in [0.29, 0.717) is 25.4 Å². The summed E-state index contributed by atoms with van der Waals surface area (Å²) in [6, 6.07) is 1.91. The number of amides is 1. The van der Waals surface area contributed by atoms with Crippen molar-refractivity contribution in [2.45, 2.75) is 13.3 Å². The van der Waals surface area contributed by atoms with Crippen molar-refractivity contribution in [2.24, 2.45) is 0 Å². The van der Waals surface area contributed by atoms with Gasteiger partial charge >= 0.3 is 0 Å². The van der Waals surface area contributed by atoms with Crippen LogP contribution in [-0.2, 0) is 9.53 Å². The van der Waals surface area contributed by atoms with Gasteiger partial charge in [0.2, 0.25) is 5.91 Å². The Morgan fingerprint density at radius 3 is 2.80 bits per heavy atom. The summed E-state index contributed by atoms with van der Waals surface area (Å²) >= 11 is 0. The zero-order valence-electron chi connectivity index (χ0n) is 11.9. The number of nitrogen functional groups attached to an aromatic ring is 1. The fourth-order valence-electron chi connectivity index (χ4n) is 2.28. The van der Waals surface area contributed by atoms with E-state index in [1.54, 1.807) is 12.4 Å². The Labute approximate surface area is 119 Å². The Morgan fingerprint density at radius 2 is 2.15 bits per heavy atom. The number of nitrogens with two attached hydrogens (primary N) is 1. The van der Waals surface area contributed by atoms with Crippen molar-refractivity contribution < 1.29 is 9.53 Å². The molecular weight excluding hydrogens is 256 g/mol. The molecule has 20 heavy (non-hydrogen) atoms. The fourth-order valence-corrected chi connectivity index (χ4v) is 2.28. The minimum Gasteiger partial charge on any atom is -0.396 e. The van der Waals surface area contributed by atoms with Gasteiger partial charge in [-0.3, -0.25) is 9.78 Å². The normalized spacial score (nSPS) is 15.4. The minimum atomic E-state index is 0.0702. The molecule has 1 aromatic heterocycles. The Hall–Kier alpha value is -1.82. The van der Waals surface area contributed by atoms with E-state index in [4.69, 9.17) is 10.5 Å². The molecule has 6 heteroatoms. The molecule has 2 heterocycles. The zero-order valence-corrected chi connectivity index (χ0v) is 11.9. The van der Waals surface area contributed by atoms with Crippen LogP contribution in [0.3, 0.4) is 0 Å². The SMILES string of the molecule is CCCOCC(=O)N1CCN(c2ccncc2N)CC1. The lowest BCUT2D eigenvalue weighted by atomic mass is 10.2. The number of hydrogen-bond donors (Lipinski definition) is 1. The predicted molar refractivity (Wildman–Crippen MR) is 78.6 cm³/mol. The van der Waals surface area contributed by atoms with Gasteiger partial charge in [-0.2, -0.15) is 0 Å². The van der Waals surface area contributed by atoms with Crippen molar-refractivity contribution in [2.75, 3.05) is 50.0 Å². The molecule has 6 nitrogen and oxygen atoms in total. The number of pyridine rings is 1. The average Bonchev–Trinajstić information content (AvgIpc) is 2.48. The summed E-state index contributed by atoms with van der Waals surface area (Å²) in [6.45, 7) is 5.83. The third-order valence-corrected chi connectivity index (χ3v) is 3.37. The highest BCUT2D eigenvalue weighted by atomic mass is 16.5. The van der Waals surface area contributed by atoms with Crippen molar-refractivity contribution in [3.05, 3.63) is 18.5 Å². The molecule has 0 atom stereocenters. The molecule has 0 aromatic carbocycles. The average molecular weight is 278 g/mol. The second-order valence-corrected chi connectivity index (χ2v) is 4.85. The van der Waals surface area contributed by atoms with Crippen LogP contribution in [0, 0.1) is 0 Å². The van der Waals surface area contributed by atoms with Gasteiger partial charge in [0, 0.05) is 39.0 Å². The lowest BCUT2D eigenvalue weighted by molar-refractivity contribution is -0.136. The van der Waals surface area contributed by atoms with E-state index >= 15 is 0 Å². The summed E-state index contributed by atoms with van der Waals surface area (Å²) in [6.07, 6.45) is 4.33. The third-order valence-electron chi connectivity index (χ3n) is 3.37. The van der Waals surface area contributed by atoms with Crippen LogP contribution in [0.25, 0.3) is 0 Å². The fraction of sp³-hybridized carbons (Fsp3) is 0.571. The van der Waals surface area contributed by atoms with E-state index in [1.165, 1.54) is 0 Å². The Balaban J connectivity index is 1.83. The minimum absolute atomic E-state index is 0.0702. The molecule has 110 valence electrons. The summed E-state index contributed by atoms with van der Waals surface area (Å²) in [7, 11) is 0. The van der Waals surface area contributed by atoms with Crippen LogP contribution in [0.15, 0.2) is 18.5 Å². The second-order valence-electron chi connectivity index (χ2n) is 4.85. The van der Waals surface area contributed by atoms with E-state index in [1.807, 2.05) is 17.9 Å². The highest BCUT2D eigenvalue weighted by molar-refractivity contribution is 5.78.